The van der Waals surface area contributed by atoms with Gasteiger partial charge in [-0.3, -0.25) is 0 Å². The Hall–Kier alpha value is -1.97. The maximum absolute atomic E-state index is 4.51. The summed E-state index contributed by atoms with van der Waals surface area (Å²) in [5, 5.41) is 10.5. The first-order valence-electron chi connectivity index (χ1n) is 8.08. The largest absolute Gasteiger partial charge is 0.306 e. The lowest BCUT2D eigenvalue weighted by atomic mass is 10.1. The quantitative estimate of drug-likeness (QED) is 0.355. The highest BCUT2D eigenvalue weighted by molar-refractivity contribution is 8.00. The fraction of sp³-hybridized carbons (Fsp3) is 0.235. The first kappa shape index (κ1) is 17.4. The van der Waals surface area contributed by atoms with Gasteiger partial charge in [-0.1, -0.05) is 42.1 Å². The molecular weight excluding hydrogens is 384 g/mol. The number of hydrogen-bond donors (Lipinski definition) is 0. The van der Waals surface area contributed by atoms with Gasteiger partial charge in [-0.15, -0.1) is 21.5 Å². The number of benzene rings is 1. The number of rotatable bonds is 6. The summed E-state index contributed by atoms with van der Waals surface area (Å²) in [6.07, 6.45) is 4.34. The molecule has 4 aromatic rings. The third-order valence-corrected chi connectivity index (χ3v) is 6.97. The van der Waals surface area contributed by atoms with Gasteiger partial charge in [0, 0.05) is 13.0 Å². The Bertz CT molecular complexity index is 1030. The van der Waals surface area contributed by atoms with E-state index in [-0.39, 0.29) is 0 Å². The number of aromatic nitrogens is 6. The molecule has 0 aliphatic rings. The van der Waals surface area contributed by atoms with Crippen molar-refractivity contribution in [2.24, 2.45) is 0 Å². The highest BCUT2D eigenvalue weighted by Crippen LogP contribution is 2.35. The Morgan fingerprint density at radius 3 is 2.73 bits per heavy atom. The molecule has 26 heavy (non-hydrogen) atoms. The van der Waals surface area contributed by atoms with Crippen LogP contribution in [0, 0.1) is 0 Å². The van der Waals surface area contributed by atoms with Gasteiger partial charge in [0.15, 0.2) is 15.1 Å². The van der Waals surface area contributed by atoms with Crippen molar-refractivity contribution in [1.29, 1.82) is 0 Å². The SMILES string of the molecule is CCn1c(Cc2ccccc2)nnc1Sc1ncnc2nc(SC)sc12. The van der Waals surface area contributed by atoms with E-state index in [0.29, 0.717) is 0 Å². The van der Waals surface area contributed by atoms with Crippen LogP contribution in [0.1, 0.15) is 18.3 Å². The van der Waals surface area contributed by atoms with Crippen LogP contribution in [0.4, 0.5) is 0 Å². The normalized spacial score (nSPS) is 11.3. The molecule has 0 saturated carbocycles. The molecule has 3 aromatic heterocycles. The van der Waals surface area contributed by atoms with E-state index < -0.39 is 0 Å². The van der Waals surface area contributed by atoms with E-state index in [0.717, 1.165) is 43.7 Å². The van der Waals surface area contributed by atoms with Crippen LogP contribution in [0.2, 0.25) is 0 Å². The van der Waals surface area contributed by atoms with E-state index in [9.17, 15) is 0 Å². The van der Waals surface area contributed by atoms with Gasteiger partial charge in [0.1, 0.15) is 21.9 Å². The van der Waals surface area contributed by atoms with Crippen LogP contribution in [0.25, 0.3) is 10.3 Å². The van der Waals surface area contributed by atoms with Crippen molar-refractivity contribution < 1.29 is 0 Å². The van der Waals surface area contributed by atoms with Gasteiger partial charge in [-0.2, -0.15) is 0 Å². The van der Waals surface area contributed by atoms with Crippen LogP contribution >= 0.6 is 34.9 Å². The molecule has 9 heteroatoms. The topological polar surface area (TPSA) is 69.4 Å². The van der Waals surface area contributed by atoms with Crippen LogP contribution in [0.15, 0.2) is 51.2 Å². The monoisotopic (exact) mass is 400 g/mol. The molecule has 6 nitrogen and oxygen atoms in total. The number of thioether (sulfide) groups is 1. The predicted molar refractivity (Wildman–Crippen MR) is 106 cm³/mol. The van der Waals surface area contributed by atoms with Crippen molar-refractivity contribution in [2.45, 2.75) is 34.4 Å². The summed E-state index contributed by atoms with van der Waals surface area (Å²) in [6.45, 7) is 2.92. The summed E-state index contributed by atoms with van der Waals surface area (Å²) < 4.78 is 4.13. The standard InChI is InChI=1S/C17H16N6S3/c1-3-23-12(9-11-7-5-4-6-8-11)21-22-16(23)26-15-13-14(18-10-19-15)20-17(24-2)25-13/h4-8,10H,3,9H2,1-2H3. The average molecular weight is 401 g/mol. The molecule has 0 atom stereocenters. The summed E-state index contributed by atoms with van der Waals surface area (Å²) >= 11 is 4.76. The molecule has 0 unspecified atom stereocenters. The molecule has 4 rings (SSSR count). The Morgan fingerprint density at radius 2 is 1.96 bits per heavy atom. The average Bonchev–Trinajstić information content (AvgIpc) is 3.27. The lowest BCUT2D eigenvalue weighted by Crippen LogP contribution is -2.04. The van der Waals surface area contributed by atoms with E-state index in [4.69, 9.17) is 0 Å². The molecule has 0 aliphatic carbocycles. The lowest BCUT2D eigenvalue weighted by molar-refractivity contribution is 0.651. The van der Waals surface area contributed by atoms with Gasteiger partial charge in [0.25, 0.3) is 0 Å². The molecule has 0 spiro atoms. The highest BCUT2D eigenvalue weighted by Gasteiger charge is 2.17. The third-order valence-electron chi connectivity index (χ3n) is 3.82. The van der Waals surface area contributed by atoms with Gasteiger partial charge in [0.2, 0.25) is 0 Å². The van der Waals surface area contributed by atoms with Crippen molar-refractivity contribution >= 4 is 45.2 Å². The molecule has 0 saturated heterocycles. The Labute approximate surface area is 163 Å². The first-order chi connectivity index (χ1) is 12.8. The highest BCUT2D eigenvalue weighted by atomic mass is 32.2. The summed E-state index contributed by atoms with van der Waals surface area (Å²) in [5.41, 5.74) is 1.96. The van der Waals surface area contributed by atoms with E-state index in [1.807, 2.05) is 24.5 Å². The molecule has 0 fully saturated rings. The second-order valence-electron chi connectivity index (χ2n) is 5.42. The first-order valence-corrected chi connectivity index (χ1v) is 10.9. The van der Waals surface area contributed by atoms with Gasteiger partial charge < -0.3 is 4.57 Å². The molecule has 0 radical (unpaired) electrons. The maximum Gasteiger partial charge on any atom is 0.197 e. The van der Waals surface area contributed by atoms with Gasteiger partial charge in [-0.05, 0) is 30.5 Å². The fourth-order valence-electron chi connectivity index (χ4n) is 2.58. The minimum atomic E-state index is 0.740. The Balaban J connectivity index is 1.66. The number of thiazole rings is 1. The molecule has 1 aromatic carbocycles. The number of nitrogens with zero attached hydrogens (tertiary/aromatic N) is 6. The van der Waals surface area contributed by atoms with E-state index >= 15 is 0 Å². The molecule has 0 aliphatic heterocycles. The molecule has 3 heterocycles. The number of hydrogen-bond acceptors (Lipinski definition) is 8. The van der Waals surface area contributed by atoms with E-state index in [1.54, 1.807) is 29.4 Å². The van der Waals surface area contributed by atoms with Gasteiger partial charge in [-0.25, -0.2) is 15.0 Å². The van der Waals surface area contributed by atoms with Crippen LogP contribution in [-0.4, -0.2) is 36.0 Å². The van der Waals surface area contributed by atoms with Gasteiger partial charge >= 0.3 is 0 Å². The minimum absolute atomic E-state index is 0.740. The second-order valence-corrected chi connectivity index (χ2v) is 8.43. The molecule has 0 amide bonds. The smallest absolute Gasteiger partial charge is 0.197 e. The van der Waals surface area contributed by atoms with E-state index in [2.05, 4.69) is 48.8 Å². The van der Waals surface area contributed by atoms with Crippen molar-refractivity contribution in [3.63, 3.8) is 0 Å². The maximum atomic E-state index is 4.51. The lowest BCUT2D eigenvalue weighted by Gasteiger charge is -2.07. The van der Waals surface area contributed by atoms with Crippen molar-refractivity contribution in [3.05, 3.63) is 48.0 Å². The summed E-state index contributed by atoms with van der Waals surface area (Å²) in [6, 6.07) is 10.3. The minimum Gasteiger partial charge on any atom is -0.306 e. The third kappa shape index (κ3) is 3.46. The summed E-state index contributed by atoms with van der Waals surface area (Å²) in [7, 11) is 0. The molecule has 132 valence electrons. The molecular formula is C17H16N6S3. The van der Waals surface area contributed by atoms with Crippen LogP contribution in [-0.2, 0) is 13.0 Å². The molecule has 0 bridgehead atoms. The molecule has 0 N–H and O–H groups in total. The zero-order valence-electron chi connectivity index (χ0n) is 14.3. The summed E-state index contributed by atoms with van der Waals surface area (Å²) in [5.74, 6) is 0.959. The Morgan fingerprint density at radius 1 is 1.12 bits per heavy atom. The zero-order valence-corrected chi connectivity index (χ0v) is 16.7. The fourth-order valence-corrected chi connectivity index (χ4v) is 5.11. The predicted octanol–water partition coefficient (Wildman–Crippen LogP) is 4.16. The number of fused-ring (bicyclic) bond motifs is 1. The second kappa shape index (κ2) is 7.73. The van der Waals surface area contributed by atoms with Crippen LogP contribution in [0.5, 0.6) is 0 Å². The summed E-state index contributed by atoms with van der Waals surface area (Å²) in [4.78, 5) is 13.2. The van der Waals surface area contributed by atoms with Crippen LogP contribution in [0.3, 0.4) is 0 Å². The van der Waals surface area contributed by atoms with Crippen molar-refractivity contribution in [1.82, 2.24) is 29.7 Å². The zero-order chi connectivity index (χ0) is 17.9. The van der Waals surface area contributed by atoms with E-state index in [1.165, 1.54) is 17.3 Å². The Kier molecular flexibility index (Phi) is 5.18. The van der Waals surface area contributed by atoms with Gasteiger partial charge in [0.05, 0.1) is 0 Å². The van der Waals surface area contributed by atoms with Crippen molar-refractivity contribution in [2.75, 3.05) is 6.26 Å². The van der Waals surface area contributed by atoms with Crippen LogP contribution < -0.4 is 0 Å². The van der Waals surface area contributed by atoms with Crippen molar-refractivity contribution in [3.8, 4) is 0 Å².